The van der Waals surface area contributed by atoms with E-state index in [1.54, 1.807) is 26.5 Å². The van der Waals surface area contributed by atoms with E-state index in [0.29, 0.717) is 17.3 Å². The molecule has 1 saturated heterocycles. The summed E-state index contributed by atoms with van der Waals surface area (Å²) in [6.45, 7) is 6.07. The number of rotatable bonds is 4. The van der Waals surface area contributed by atoms with Gasteiger partial charge in [0, 0.05) is 19.6 Å². The maximum absolute atomic E-state index is 10.0. The van der Waals surface area contributed by atoms with E-state index in [2.05, 4.69) is 35.1 Å². The number of nitrogens with one attached hydrogen (secondary N) is 1. The van der Waals surface area contributed by atoms with Crippen molar-refractivity contribution in [2.24, 2.45) is 5.92 Å². The van der Waals surface area contributed by atoms with Crippen molar-refractivity contribution < 1.29 is 5.11 Å². The maximum atomic E-state index is 10.0. The lowest BCUT2D eigenvalue weighted by atomic mass is 9.98. The summed E-state index contributed by atoms with van der Waals surface area (Å²) >= 11 is 0. The Morgan fingerprint density at radius 2 is 2.20 bits per heavy atom. The number of aliphatic hydroxyl groups is 1. The van der Waals surface area contributed by atoms with E-state index in [0.717, 1.165) is 43.8 Å². The van der Waals surface area contributed by atoms with Crippen molar-refractivity contribution in [3.63, 3.8) is 0 Å². The number of nitrogens with zero attached hydrogens (tertiary/aromatic N) is 7. The van der Waals surface area contributed by atoms with Gasteiger partial charge in [0.2, 0.25) is 0 Å². The highest BCUT2D eigenvalue weighted by molar-refractivity contribution is 5.82. The molecular weight excluding hydrogens is 320 g/mol. The van der Waals surface area contributed by atoms with Gasteiger partial charge in [0.25, 0.3) is 0 Å². The van der Waals surface area contributed by atoms with Gasteiger partial charge >= 0.3 is 0 Å². The zero-order valence-corrected chi connectivity index (χ0v) is 14.4. The van der Waals surface area contributed by atoms with Crippen molar-refractivity contribution in [3.05, 3.63) is 24.5 Å². The fourth-order valence-corrected chi connectivity index (χ4v) is 3.33. The number of hydrogen-bond acceptors (Lipinski definition) is 7. The van der Waals surface area contributed by atoms with Gasteiger partial charge in [-0.15, -0.1) is 5.10 Å². The second-order valence-electron chi connectivity index (χ2n) is 7.14. The van der Waals surface area contributed by atoms with E-state index in [9.17, 15) is 5.11 Å². The molecule has 0 amide bonds. The second kappa shape index (κ2) is 6.07. The number of piperidine rings is 1. The van der Waals surface area contributed by atoms with Crippen molar-refractivity contribution >= 4 is 17.0 Å². The molecule has 0 bridgehead atoms. The smallest absolute Gasteiger partial charge is 0.182 e. The second-order valence-corrected chi connectivity index (χ2v) is 7.14. The maximum Gasteiger partial charge on any atom is 0.182 e. The van der Waals surface area contributed by atoms with Gasteiger partial charge in [0.05, 0.1) is 12.5 Å². The number of anilines is 1. The Morgan fingerprint density at radius 1 is 1.32 bits per heavy atom. The minimum absolute atomic E-state index is 0.443. The summed E-state index contributed by atoms with van der Waals surface area (Å²) in [6, 6.07) is 0. The molecule has 0 radical (unpaired) electrons. The van der Waals surface area contributed by atoms with Gasteiger partial charge in [0.15, 0.2) is 11.5 Å². The minimum atomic E-state index is -0.968. The van der Waals surface area contributed by atoms with Gasteiger partial charge in [-0.25, -0.2) is 15.0 Å². The molecule has 4 rings (SSSR count). The van der Waals surface area contributed by atoms with Crippen molar-refractivity contribution in [3.8, 4) is 0 Å². The molecule has 2 N–H and O–H groups in total. The monoisotopic (exact) mass is 342 g/mol. The lowest BCUT2D eigenvalue weighted by Gasteiger charge is -2.33. The Hall–Kier alpha value is -2.55. The molecule has 3 aromatic rings. The lowest BCUT2D eigenvalue weighted by molar-refractivity contribution is 0.0737. The third-order valence-corrected chi connectivity index (χ3v) is 4.63. The van der Waals surface area contributed by atoms with Crippen LogP contribution in [0, 0.1) is 5.92 Å². The molecule has 0 unspecified atom stereocenters. The average Bonchev–Trinajstić information content (AvgIpc) is 3.23. The zero-order valence-electron chi connectivity index (χ0n) is 14.4. The Kier molecular flexibility index (Phi) is 3.87. The quantitative estimate of drug-likeness (QED) is 0.730. The Bertz CT molecular complexity index is 864. The molecule has 0 saturated carbocycles. The molecule has 25 heavy (non-hydrogen) atoms. The molecule has 1 aliphatic heterocycles. The van der Waals surface area contributed by atoms with Crippen molar-refractivity contribution in [2.45, 2.75) is 38.8 Å². The van der Waals surface area contributed by atoms with Crippen molar-refractivity contribution in [1.82, 2.24) is 34.9 Å². The van der Waals surface area contributed by atoms with Crippen LogP contribution >= 0.6 is 0 Å². The molecule has 4 heterocycles. The first-order valence-corrected chi connectivity index (χ1v) is 8.53. The highest BCUT2D eigenvalue weighted by Gasteiger charge is 2.25. The number of H-pyrrole nitrogens is 1. The summed E-state index contributed by atoms with van der Waals surface area (Å²) in [5.74, 6) is 1.35. The molecule has 9 nitrogen and oxygen atoms in total. The number of imidazole rings is 1. The van der Waals surface area contributed by atoms with Gasteiger partial charge in [-0.2, -0.15) is 0 Å². The summed E-state index contributed by atoms with van der Waals surface area (Å²) in [4.78, 5) is 18.3. The SMILES string of the molecule is CC(C)(O)c1cn(C[C@@H]2CCCN(c3ncnc4nc[nH]c34)C2)nn1. The van der Waals surface area contributed by atoms with Crippen LogP contribution in [0.25, 0.3) is 11.2 Å². The summed E-state index contributed by atoms with van der Waals surface area (Å²) in [5, 5.41) is 18.3. The van der Waals surface area contributed by atoms with E-state index in [-0.39, 0.29) is 0 Å². The number of fused-ring (bicyclic) bond motifs is 1. The van der Waals surface area contributed by atoms with Crippen LogP contribution in [0.4, 0.5) is 5.82 Å². The van der Waals surface area contributed by atoms with Crippen molar-refractivity contribution in [2.75, 3.05) is 18.0 Å². The van der Waals surface area contributed by atoms with Crippen molar-refractivity contribution in [1.29, 1.82) is 0 Å². The standard InChI is InChI=1S/C16H22N8O/c1-16(2,25)12-8-24(22-21-12)7-11-4-3-5-23(6-11)15-13-14(18-9-17-13)19-10-20-15/h8-11,25H,3-7H2,1-2H3,(H,17,18,19,20)/t11-/m1/s1. The number of hydrogen-bond donors (Lipinski definition) is 2. The summed E-state index contributed by atoms with van der Waals surface area (Å²) in [7, 11) is 0. The largest absolute Gasteiger partial charge is 0.384 e. The summed E-state index contributed by atoms with van der Waals surface area (Å²) < 4.78 is 1.83. The first-order chi connectivity index (χ1) is 12.0. The van der Waals surface area contributed by atoms with Gasteiger partial charge in [-0.1, -0.05) is 5.21 Å². The molecule has 1 aliphatic rings. The van der Waals surface area contributed by atoms with Gasteiger partial charge < -0.3 is 15.0 Å². The first-order valence-electron chi connectivity index (χ1n) is 8.53. The average molecular weight is 342 g/mol. The van der Waals surface area contributed by atoms with Crippen LogP contribution in [-0.2, 0) is 12.1 Å². The van der Waals surface area contributed by atoms with E-state index in [1.165, 1.54) is 0 Å². The number of aromatic amines is 1. The zero-order chi connectivity index (χ0) is 17.4. The number of aromatic nitrogens is 7. The summed E-state index contributed by atoms with van der Waals surface area (Å²) in [6.07, 6.45) is 7.27. The van der Waals surface area contributed by atoms with Crippen LogP contribution < -0.4 is 4.90 Å². The molecule has 0 aliphatic carbocycles. The molecule has 0 aromatic carbocycles. The van der Waals surface area contributed by atoms with Crippen LogP contribution in [0.1, 0.15) is 32.4 Å². The highest BCUT2D eigenvalue weighted by Crippen LogP contribution is 2.26. The minimum Gasteiger partial charge on any atom is -0.384 e. The van der Waals surface area contributed by atoms with Crippen LogP contribution in [0.5, 0.6) is 0 Å². The molecule has 0 spiro atoms. The normalized spacial score (nSPS) is 18.8. The topological polar surface area (TPSA) is 109 Å². The fraction of sp³-hybridized carbons (Fsp3) is 0.562. The molecule has 132 valence electrons. The van der Waals surface area contributed by atoms with Gasteiger partial charge in [-0.3, -0.25) is 4.68 Å². The van der Waals surface area contributed by atoms with E-state index in [4.69, 9.17) is 0 Å². The van der Waals surface area contributed by atoms with E-state index in [1.807, 2.05) is 10.9 Å². The predicted octanol–water partition coefficient (Wildman–Crippen LogP) is 1.09. The third-order valence-electron chi connectivity index (χ3n) is 4.63. The molecule has 3 aromatic heterocycles. The van der Waals surface area contributed by atoms with Crippen LogP contribution in [0.15, 0.2) is 18.9 Å². The Balaban J connectivity index is 1.50. The van der Waals surface area contributed by atoms with Crippen LogP contribution in [-0.4, -0.2) is 53.1 Å². The van der Waals surface area contributed by atoms with Gasteiger partial charge in [0.1, 0.15) is 23.1 Å². The van der Waals surface area contributed by atoms with Gasteiger partial charge in [-0.05, 0) is 32.6 Å². The predicted molar refractivity (Wildman–Crippen MR) is 91.9 cm³/mol. The van der Waals surface area contributed by atoms with E-state index < -0.39 is 5.60 Å². The van der Waals surface area contributed by atoms with E-state index >= 15 is 0 Å². The fourth-order valence-electron chi connectivity index (χ4n) is 3.33. The first kappa shape index (κ1) is 15.9. The van der Waals surface area contributed by atoms with Crippen LogP contribution in [0.2, 0.25) is 0 Å². The highest BCUT2D eigenvalue weighted by atomic mass is 16.3. The van der Waals surface area contributed by atoms with Crippen LogP contribution in [0.3, 0.4) is 0 Å². The Labute approximate surface area is 145 Å². The lowest BCUT2D eigenvalue weighted by Crippen LogP contribution is -2.37. The molecule has 9 heteroatoms. The molecular formula is C16H22N8O. The summed E-state index contributed by atoms with van der Waals surface area (Å²) in [5.41, 5.74) is 1.20. The Morgan fingerprint density at radius 3 is 3.00 bits per heavy atom. The third kappa shape index (κ3) is 3.19. The molecule has 1 fully saturated rings. The molecule has 1 atom stereocenters.